The SMILES string of the molecule is Cc1cn([C@H]2CC(O)[C@@H](COP(=O)(O)OC3C[C@H](n4cnc5c(N)ncnc54)O[C@@H]3COP(=O)(O)OC3C[C@H](n4cnc5c(N)ncnc54)O[C@@H]3COP(=O)(O)OC3C[C@H](n4cnc5c(N)ncnc54)O[C@@H]3CO)O2)c(=O)[nH]c1=O. The molecule has 37 nitrogen and oxygen atoms in total. The number of rotatable bonds is 20. The molecule has 11 rings (SSSR count). The average Bonchev–Trinajstić information content (AvgIpc) is 4.38. The van der Waals surface area contributed by atoms with Crippen molar-refractivity contribution in [2.45, 2.75) is 106 Å². The first-order valence-corrected chi connectivity index (χ1v) is 28.6. The number of nitrogens with one attached hydrogen (secondary N) is 1. The minimum atomic E-state index is -5.30. The lowest BCUT2D eigenvalue weighted by molar-refractivity contribution is -0.0624. The van der Waals surface area contributed by atoms with Gasteiger partial charge in [0.25, 0.3) is 5.56 Å². The van der Waals surface area contributed by atoms with Crippen LogP contribution in [0.25, 0.3) is 33.5 Å². The molecule has 15 atom stereocenters. The number of nitrogens with zero attached hydrogens (tertiary/aromatic N) is 13. The first-order valence-electron chi connectivity index (χ1n) is 24.1. The maximum Gasteiger partial charge on any atom is 0.472 e. The van der Waals surface area contributed by atoms with Gasteiger partial charge in [0.1, 0.15) is 103 Å². The fraction of sp³-hybridized carbons (Fsp3) is 0.525. The number of phosphoric ester groups is 3. The van der Waals surface area contributed by atoms with Crippen molar-refractivity contribution in [2.75, 3.05) is 43.6 Å². The second-order valence-electron chi connectivity index (χ2n) is 18.7. The van der Waals surface area contributed by atoms with Gasteiger partial charge in [-0.2, -0.15) is 0 Å². The molecule has 7 unspecified atom stereocenters. The van der Waals surface area contributed by atoms with E-state index in [0.717, 1.165) is 4.57 Å². The number of hydrogen-bond acceptors (Lipinski definition) is 29. The zero-order valence-corrected chi connectivity index (χ0v) is 44.1. The summed E-state index contributed by atoms with van der Waals surface area (Å²) in [5.74, 6) is 0.148. The summed E-state index contributed by atoms with van der Waals surface area (Å²) < 4.78 is 104. The van der Waals surface area contributed by atoms with Gasteiger partial charge in [-0.1, -0.05) is 0 Å². The van der Waals surface area contributed by atoms with E-state index < -0.39 is 135 Å². The highest BCUT2D eigenvalue weighted by atomic mass is 31.2. The molecular weight excluding hydrogens is 1130 g/mol. The molecular formula is C40H50N17O20P3. The van der Waals surface area contributed by atoms with Gasteiger partial charge in [0.15, 0.2) is 34.4 Å². The molecule has 4 aliphatic heterocycles. The summed E-state index contributed by atoms with van der Waals surface area (Å²) in [4.78, 5) is 97.2. The number of H-pyrrole nitrogens is 1. The monoisotopic (exact) mass is 1180 g/mol. The average molecular weight is 1180 g/mol. The summed E-state index contributed by atoms with van der Waals surface area (Å²) in [7, 11) is -15.6. The third-order valence-corrected chi connectivity index (χ3v) is 16.5. The third-order valence-electron chi connectivity index (χ3n) is 13.5. The van der Waals surface area contributed by atoms with Crippen molar-refractivity contribution >= 4 is 74.4 Å². The Bertz CT molecular complexity index is 3720. The smallest absolute Gasteiger partial charge is 0.394 e. The molecule has 7 aromatic heterocycles. The minimum absolute atomic E-state index is 0.0233. The normalized spacial score (nSPS) is 29.4. The van der Waals surface area contributed by atoms with Gasteiger partial charge in [-0.25, -0.2) is 63.3 Å². The predicted molar refractivity (Wildman–Crippen MR) is 264 cm³/mol. The number of aromatic amines is 1. The van der Waals surface area contributed by atoms with Crippen molar-refractivity contribution < 1.29 is 84.7 Å². The van der Waals surface area contributed by atoms with Crippen LogP contribution >= 0.6 is 23.5 Å². The van der Waals surface area contributed by atoms with Gasteiger partial charge >= 0.3 is 29.2 Å². The molecule has 4 aliphatic rings. The van der Waals surface area contributed by atoms with Gasteiger partial charge in [0, 0.05) is 37.4 Å². The molecule has 11 heterocycles. The minimum Gasteiger partial charge on any atom is -0.394 e. The van der Waals surface area contributed by atoms with Crippen LogP contribution in [0, 0.1) is 6.92 Å². The second kappa shape index (κ2) is 21.9. The summed E-state index contributed by atoms with van der Waals surface area (Å²) >= 11 is 0. The van der Waals surface area contributed by atoms with Crippen molar-refractivity contribution in [2.24, 2.45) is 0 Å². The van der Waals surface area contributed by atoms with Gasteiger partial charge in [0.05, 0.1) is 51.5 Å². The van der Waals surface area contributed by atoms with Gasteiger partial charge in [-0.3, -0.25) is 55.2 Å². The maximum absolute atomic E-state index is 14.1. The molecule has 0 aliphatic carbocycles. The number of nitrogen functional groups attached to an aromatic ring is 3. The Morgan fingerprint density at radius 1 is 0.562 bits per heavy atom. The van der Waals surface area contributed by atoms with Gasteiger partial charge in [-0.15, -0.1) is 0 Å². The summed E-state index contributed by atoms with van der Waals surface area (Å²) in [6.45, 7) is -1.61. The van der Waals surface area contributed by atoms with Crippen LogP contribution in [0.5, 0.6) is 0 Å². The molecule has 12 N–H and O–H groups in total. The standard InChI is InChI=1S/C40H50N17O20P3/c1-17-6-54(40(61)53-39(17)60)26-2-18(59)23(72-26)8-68-78(62,63)76-20-4-28(56-15-51-31-34(42)45-12-48-37(31)56)74-25(20)10-70-80(66,67)77-21-5-29(57-16-52-32-35(43)46-13-49-38(32)57)73-24(21)9-69-79(64,65)75-19-3-27(71-22(19)7-58)55-14-50-30-33(41)44-11-47-36(30)55/h6,11-16,18-29,58-59H,2-5,7-10H2,1H3,(H,62,63)(H,64,65)(H,66,67)(H2,41,44,47)(H2,42,45,48)(H2,43,46,49)(H,53,60,61)/t18?,19?,20?,21?,22-,23-,24-,25-,26-,27-,28-,29-/m1/s1. The maximum atomic E-state index is 14.1. The number of hydrogen-bond donors (Lipinski definition) is 9. The highest BCUT2D eigenvalue weighted by molar-refractivity contribution is 7.48. The van der Waals surface area contributed by atoms with Crippen molar-refractivity contribution in [3.05, 3.63) is 70.6 Å². The van der Waals surface area contributed by atoms with E-state index in [1.807, 2.05) is 0 Å². The largest absolute Gasteiger partial charge is 0.472 e. The third kappa shape index (κ3) is 11.4. The first kappa shape index (κ1) is 55.7. The van der Waals surface area contributed by atoms with E-state index >= 15 is 0 Å². The second-order valence-corrected chi connectivity index (χ2v) is 22.9. The van der Waals surface area contributed by atoms with E-state index in [2.05, 4.69) is 49.8 Å². The lowest BCUT2D eigenvalue weighted by Gasteiger charge is -2.25. The highest BCUT2D eigenvalue weighted by Gasteiger charge is 2.48. The first-order chi connectivity index (χ1) is 38.1. The van der Waals surface area contributed by atoms with Crippen molar-refractivity contribution in [1.29, 1.82) is 0 Å². The topological polar surface area (TPSA) is 508 Å². The number of aliphatic hydroxyl groups is 2. The molecule has 0 saturated carbocycles. The van der Waals surface area contributed by atoms with Crippen LogP contribution in [0.4, 0.5) is 17.5 Å². The molecule has 40 heteroatoms. The van der Waals surface area contributed by atoms with E-state index in [1.54, 1.807) is 0 Å². The van der Waals surface area contributed by atoms with E-state index in [4.69, 9.17) is 63.3 Å². The summed E-state index contributed by atoms with van der Waals surface area (Å²) in [5.41, 5.74) is 18.0. The number of imidazole rings is 3. The van der Waals surface area contributed by atoms with E-state index in [9.17, 15) is 48.2 Å². The van der Waals surface area contributed by atoms with Crippen LogP contribution in [0.1, 0.15) is 56.2 Å². The Kier molecular flexibility index (Phi) is 15.3. The lowest BCUT2D eigenvalue weighted by Crippen LogP contribution is -2.33. The van der Waals surface area contributed by atoms with Crippen LogP contribution < -0.4 is 28.5 Å². The molecule has 7 aromatic rings. The molecule has 0 aromatic carbocycles. The Morgan fingerprint density at radius 3 is 1.34 bits per heavy atom. The fourth-order valence-electron chi connectivity index (χ4n) is 9.60. The molecule has 0 radical (unpaired) electrons. The Hall–Kier alpha value is -6.18. The predicted octanol–water partition coefficient (Wildman–Crippen LogP) is -0.879. The van der Waals surface area contributed by atoms with E-state index in [0.29, 0.717) is 0 Å². The summed E-state index contributed by atoms with van der Waals surface area (Å²) in [6.07, 6.45) is -7.02. The Morgan fingerprint density at radius 2 is 0.925 bits per heavy atom. The van der Waals surface area contributed by atoms with Crippen molar-refractivity contribution in [3.63, 3.8) is 0 Å². The van der Waals surface area contributed by atoms with Crippen LogP contribution in [0.3, 0.4) is 0 Å². The molecule has 4 saturated heterocycles. The van der Waals surface area contributed by atoms with E-state index in [-0.39, 0.29) is 82.2 Å². The number of ether oxygens (including phenoxy) is 4. The van der Waals surface area contributed by atoms with Crippen LogP contribution in [-0.2, 0) is 59.8 Å². The van der Waals surface area contributed by atoms with Crippen LogP contribution in [0.15, 0.2) is 53.7 Å². The Balaban J connectivity index is 0.783. The zero-order chi connectivity index (χ0) is 56.4. The molecule has 0 spiro atoms. The number of nitrogens with two attached hydrogens (primary N) is 3. The highest BCUT2D eigenvalue weighted by Crippen LogP contribution is 2.54. The Labute approximate surface area is 446 Å². The number of fused-ring (bicyclic) bond motifs is 3. The molecule has 80 heavy (non-hydrogen) atoms. The number of aliphatic hydroxyl groups excluding tert-OH is 2. The van der Waals surface area contributed by atoms with Crippen molar-refractivity contribution in [3.8, 4) is 0 Å². The summed E-state index contributed by atoms with van der Waals surface area (Å²) in [6, 6.07) is 0. The summed E-state index contributed by atoms with van der Waals surface area (Å²) in [5, 5.41) is 20.9. The van der Waals surface area contributed by atoms with Crippen molar-refractivity contribution in [1.82, 2.24) is 68.1 Å². The van der Waals surface area contributed by atoms with Crippen LogP contribution in [-0.4, -0.2) is 168 Å². The fourth-order valence-corrected chi connectivity index (χ4v) is 12.5. The number of phosphoric acid groups is 3. The van der Waals surface area contributed by atoms with Gasteiger partial charge in [-0.05, 0) is 6.92 Å². The molecule has 430 valence electrons. The molecule has 0 bridgehead atoms. The number of aromatic nitrogens is 14. The number of anilines is 3. The molecule has 4 fully saturated rings. The van der Waals surface area contributed by atoms with Crippen LogP contribution in [0.2, 0.25) is 0 Å². The molecule has 0 amide bonds. The zero-order valence-electron chi connectivity index (χ0n) is 41.4. The quantitative estimate of drug-likeness (QED) is 0.0419. The van der Waals surface area contributed by atoms with E-state index in [1.165, 1.54) is 64.8 Å². The van der Waals surface area contributed by atoms with Gasteiger partial charge in [0.2, 0.25) is 0 Å². The van der Waals surface area contributed by atoms with Gasteiger partial charge < -0.3 is 61.0 Å². The lowest BCUT2D eigenvalue weighted by atomic mass is 10.2. The number of aryl methyl sites for hydroxylation is 1.